The van der Waals surface area contributed by atoms with Crippen molar-refractivity contribution >= 4 is 11.8 Å². The van der Waals surface area contributed by atoms with Gasteiger partial charge in [0.1, 0.15) is 0 Å². The van der Waals surface area contributed by atoms with E-state index in [-0.39, 0.29) is 0 Å². The third-order valence-corrected chi connectivity index (χ3v) is 1.38. The molecule has 7 heavy (non-hydrogen) atoms. The summed E-state index contributed by atoms with van der Waals surface area (Å²) in [6.07, 6.45) is 2.03. The van der Waals surface area contributed by atoms with Gasteiger partial charge in [-0.1, -0.05) is 6.08 Å². The van der Waals surface area contributed by atoms with Crippen LogP contribution in [0.2, 0.25) is 0 Å². The summed E-state index contributed by atoms with van der Waals surface area (Å²) in [6, 6.07) is 0. The Morgan fingerprint density at radius 1 is 1.71 bits per heavy atom. The zero-order valence-corrected chi connectivity index (χ0v) is 5.59. The molecule has 0 aliphatic carbocycles. The molecule has 0 aromatic carbocycles. The van der Waals surface area contributed by atoms with Crippen LogP contribution < -0.4 is 5.32 Å². The van der Waals surface area contributed by atoms with Gasteiger partial charge in [0.2, 0.25) is 0 Å². The second-order valence-electron chi connectivity index (χ2n) is 1.13. The van der Waals surface area contributed by atoms with Crippen molar-refractivity contribution in [2.45, 2.75) is 6.92 Å². The highest BCUT2D eigenvalue weighted by Gasteiger charge is 1.70. The van der Waals surface area contributed by atoms with Gasteiger partial charge in [-0.05, 0) is 19.4 Å². The first kappa shape index (κ1) is 7.05. The minimum absolute atomic E-state index is 1.00. The van der Waals surface area contributed by atoms with Crippen LogP contribution in [0.15, 0.2) is 11.5 Å². The number of nitrogens with one attached hydrogen (secondary N) is 1. The molecule has 0 aliphatic heterocycles. The van der Waals surface area contributed by atoms with Crippen LogP contribution >= 0.6 is 11.8 Å². The molecule has 0 aromatic heterocycles. The van der Waals surface area contributed by atoms with Gasteiger partial charge in [0.15, 0.2) is 0 Å². The van der Waals surface area contributed by atoms with Crippen LogP contribution in [0.4, 0.5) is 0 Å². The van der Waals surface area contributed by atoms with Crippen molar-refractivity contribution in [3.05, 3.63) is 11.5 Å². The predicted molar refractivity (Wildman–Crippen MR) is 36.3 cm³/mol. The lowest BCUT2D eigenvalue weighted by molar-refractivity contribution is 0.985. The van der Waals surface area contributed by atoms with Crippen molar-refractivity contribution in [2.24, 2.45) is 0 Å². The highest BCUT2D eigenvalue weighted by molar-refractivity contribution is 8.02. The van der Waals surface area contributed by atoms with Gasteiger partial charge in [-0.25, -0.2) is 0 Å². The molecule has 0 saturated heterocycles. The van der Waals surface area contributed by atoms with E-state index in [4.69, 9.17) is 0 Å². The Bertz CT molecular complexity index is 52.0. The van der Waals surface area contributed by atoms with Crippen molar-refractivity contribution < 1.29 is 0 Å². The number of rotatable bonds is 3. The van der Waals surface area contributed by atoms with E-state index in [1.165, 1.54) is 0 Å². The molecule has 0 aromatic rings. The molecule has 0 spiro atoms. The van der Waals surface area contributed by atoms with Crippen LogP contribution in [0.1, 0.15) is 6.92 Å². The van der Waals surface area contributed by atoms with E-state index in [1.807, 2.05) is 20.0 Å². The predicted octanol–water partition coefficient (Wildman–Crippen LogP) is 1.43. The van der Waals surface area contributed by atoms with Crippen LogP contribution in [-0.4, -0.2) is 12.9 Å². The van der Waals surface area contributed by atoms with E-state index in [0.29, 0.717) is 0 Å². The molecule has 0 aliphatic rings. The van der Waals surface area contributed by atoms with E-state index in [1.54, 1.807) is 11.8 Å². The lowest BCUT2D eigenvalue weighted by Crippen LogP contribution is -2.01. The first-order valence-corrected chi connectivity index (χ1v) is 3.34. The molecule has 0 atom stereocenters. The molecule has 1 N–H and O–H groups in total. The summed E-state index contributed by atoms with van der Waals surface area (Å²) in [5.74, 6) is 1.00. The lowest BCUT2D eigenvalue weighted by Gasteiger charge is -1.87. The van der Waals surface area contributed by atoms with Crippen LogP contribution in [0.25, 0.3) is 0 Å². The summed E-state index contributed by atoms with van der Waals surface area (Å²) in [7, 11) is 1.94. The Kier molecular flexibility index (Phi) is 6.09. The van der Waals surface area contributed by atoms with E-state index in [9.17, 15) is 0 Å². The fourth-order valence-corrected chi connectivity index (χ4v) is 0.683. The van der Waals surface area contributed by atoms with Crippen LogP contribution in [0, 0.1) is 0 Å². The van der Waals surface area contributed by atoms with Gasteiger partial charge in [0.25, 0.3) is 0 Å². The van der Waals surface area contributed by atoms with E-state index < -0.39 is 0 Å². The summed E-state index contributed by atoms with van der Waals surface area (Å²) in [5.41, 5.74) is 0. The smallest absolute Gasteiger partial charge is 0.0457 e. The monoisotopic (exact) mass is 117 g/mol. The second kappa shape index (κ2) is 6.05. The molecule has 0 saturated carbocycles. The second-order valence-corrected chi connectivity index (χ2v) is 2.03. The molecule has 0 rings (SSSR count). The minimum atomic E-state index is 1.00. The van der Waals surface area contributed by atoms with Gasteiger partial charge in [-0.2, -0.15) is 0 Å². The van der Waals surface area contributed by atoms with Gasteiger partial charge in [0, 0.05) is 5.88 Å². The Morgan fingerprint density at radius 3 is 2.86 bits per heavy atom. The van der Waals surface area contributed by atoms with Gasteiger partial charge in [-0.3, -0.25) is 0 Å². The largest absolute Gasteiger partial charge is 0.311 e. The average molecular weight is 117 g/mol. The van der Waals surface area contributed by atoms with Crippen molar-refractivity contribution in [3.8, 4) is 0 Å². The lowest BCUT2D eigenvalue weighted by atomic mass is 10.8. The topological polar surface area (TPSA) is 12.0 Å². The van der Waals surface area contributed by atoms with Gasteiger partial charge in [0.05, 0.1) is 0 Å². The first-order valence-electron chi connectivity index (χ1n) is 2.29. The zero-order valence-electron chi connectivity index (χ0n) is 4.77. The molecule has 0 fully saturated rings. The molecule has 0 radical (unpaired) electrons. The standard InChI is InChI=1S/C5H11NS/c1-3-4-7-5-6-2/h3-4,6H,5H2,1-2H3/b4-3+. The summed E-state index contributed by atoms with van der Waals surface area (Å²) < 4.78 is 0. The molecule has 0 amide bonds. The molecule has 0 heterocycles. The van der Waals surface area contributed by atoms with E-state index in [2.05, 4.69) is 10.7 Å². The minimum Gasteiger partial charge on any atom is -0.311 e. The molecule has 0 unspecified atom stereocenters. The maximum absolute atomic E-state index is 3.01. The van der Waals surface area contributed by atoms with Crippen molar-refractivity contribution in [3.63, 3.8) is 0 Å². The molecule has 42 valence electrons. The molecular formula is C5H11NS. The average Bonchev–Trinajstić information content (AvgIpc) is 1.69. The fraction of sp³-hybridized carbons (Fsp3) is 0.600. The Balaban J connectivity index is 2.69. The Hall–Kier alpha value is 0.0500. The zero-order chi connectivity index (χ0) is 5.54. The summed E-state index contributed by atoms with van der Waals surface area (Å²) in [5, 5.41) is 5.08. The quantitative estimate of drug-likeness (QED) is 0.443. The normalized spacial score (nSPS) is 10.6. The molecule has 2 heteroatoms. The Morgan fingerprint density at radius 2 is 2.43 bits per heavy atom. The molecule has 1 nitrogen and oxygen atoms in total. The number of allylic oxidation sites excluding steroid dienone is 1. The summed E-state index contributed by atoms with van der Waals surface area (Å²) >= 11 is 1.76. The van der Waals surface area contributed by atoms with Crippen molar-refractivity contribution in [2.75, 3.05) is 12.9 Å². The number of thioether (sulfide) groups is 1. The third kappa shape index (κ3) is 6.05. The molecule has 0 bridgehead atoms. The van der Waals surface area contributed by atoms with Gasteiger partial charge >= 0.3 is 0 Å². The highest BCUT2D eigenvalue weighted by atomic mass is 32.2. The summed E-state index contributed by atoms with van der Waals surface area (Å²) in [6.45, 7) is 2.02. The van der Waals surface area contributed by atoms with Crippen LogP contribution in [-0.2, 0) is 0 Å². The van der Waals surface area contributed by atoms with Crippen LogP contribution in [0.3, 0.4) is 0 Å². The van der Waals surface area contributed by atoms with E-state index in [0.717, 1.165) is 5.88 Å². The SMILES string of the molecule is C/C=C/SCNC. The van der Waals surface area contributed by atoms with Gasteiger partial charge < -0.3 is 5.32 Å². The van der Waals surface area contributed by atoms with Crippen molar-refractivity contribution in [1.29, 1.82) is 0 Å². The Labute approximate surface area is 49.2 Å². The summed E-state index contributed by atoms with van der Waals surface area (Å²) in [4.78, 5) is 0. The third-order valence-electron chi connectivity index (χ3n) is 0.460. The molecular weight excluding hydrogens is 106 g/mol. The number of hydrogen-bond donors (Lipinski definition) is 1. The van der Waals surface area contributed by atoms with E-state index >= 15 is 0 Å². The van der Waals surface area contributed by atoms with Gasteiger partial charge in [-0.15, -0.1) is 11.8 Å². The maximum Gasteiger partial charge on any atom is 0.0457 e. The van der Waals surface area contributed by atoms with Crippen molar-refractivity contribution in [1.82, 2.24) is 5.32 Å². The first-order chi connectivity index (χ1) is 3.41. The highest BCUT2D eigenvalue weighted by Crippen LogP contribution is 1.95. The number of hydrogen-bond acceptors (Lipinski definition) is 2. The maximum atomic E-state index is 3.01. The fourth-order valence-electron chi connectivity index (χ4n) is 0.228. The van der Waals surface area contributed by atoms with Crippen LogP contribution in [0.5, 0.6) is 0 Å².